The number of anilines is 1. The summed E-state index contributed by atoms with van der Waals surface area (Å²) in [6, 6.07) is 26.5. The highest BCUT2D eigenvalue weighted by atomic mass is 35.5. The zero-order valence-corrected chi connectivity index (χ0v) is 29.3. The Kier molecular flexibility index (Phi) is 11.7. The Morgan fingerprint density at radius 1 is 0.875 bits per heavy atom. The number of hydrogen-bond acceptors (Lipinski definition) is 5. The third-order valence-electron chi connectivity index (χ3n) is 8.48. The Hall–Kier alpha value is -4.05. The van der Waals surface area contributed by atoms with Gasteiger partial charge in [0.05, 0.1) is 17.7 Å². The molecule has 252 valence electrons. The summed E-state index contributed by atoms with van der Waals surface area (Å²) in [7, 11) is -2.74. The molecule has 5 rings (SSSR count). The lowest BCUT2D eigenvalue weighted by molar-refractivity contribution is -0.140. The first-order valence-corrected chi connectivity index (χ1v) is 18.1. The van der Waals surface area contributed by atoms with Crippen LogP contribution in [0, 0.1) is 6.92 Å². The van der Waals surface area contributed by atoms with Crippen molar-refractivity contribution in [3.05, 3.63) is 124 Å². The molecule has 0 spiro atoms. The van der Waals surface area contributed by atoms with Crippen LogP contribution in [0.25, 0.3) is 0 Å². The molecule has 48 heavy (non-hydrogen) atoms. The van der Waals surface area contributed by atoms with Gasteiger partial charge in [0.1, 0.15) is 18.3 Å². The fourth-order valence-electron chi connectivity index (χ4n) is 5.94. The number of methoxy groups -OCH3 is 1. The molecule has 0 heterocycles. The number of ether oxygens (including phenoxy) is 1. The number of aryl methyl sites for hydroxylation is 1. The highest BCUT2D eigenvalue weighted by Gasteiger charge is 2.36. The molecule has 4 aromatic carbocycles. The summed E-state index contributed by atoms with van der Waals surface area (Å²) in [6.07, 6.45) is 4.00. The fraction of sp³-hybridized carbons (Fsp3) is 0.297. The Balaban J connectivity index is 1.59. The highest BCUT2D eigenvalue weighted by Crippen LogP contribution is 2.31. The molecule has 0 aromatic heterocycles. The van der Waals surface area contributed by atoms with Crippen molar-refractivity contribution < 1.29 is 22.7 Å². The molecule has 8 nitrogen and oxygen atoms in total. The molecule has 1 N–H and O–H groups in total. The predicted molar refractivity (Wildman–Crippen MR) is 190 cm³/mol. The first-order chi connectivity index (χ1) is 23.0. The van der Waals surface area contributed by atoms with Crippen LogP contribution >= 0.6 is 23.2 Å². The maximum atomic E-state index is 14.7. The van der Waals surface area contributed by atoms with Crippen LogP contribution in [0.15, 0.2) is 102 Å². The number of benzene rings is 4. The van der Waals surface area contributed by atoms with Gasteiger partial charge < -0.3 is 15.0 Å². The van der Waals surface area contributed by atoms with Crippen LogP contribution in [0.4, 0.5) is 5.69 Å². The zero-order valence-electron chi connectivity index (χ0n) is 26.9. The van der Waals surface area contributed by atoms with Crippen molar-refractivity contribution in [2.45, 2.75) is 62.6 Å². The van der Waals surface area contributed by atoms with Crippen LogP contribution in [-0.2, 0) is 32.6 Å². The lowest BCUT2D eigenvalue weighted by Gasteiger charge is -2.34. The van der Waals surface area contributed by atoms with E-state index in [0.717, 1.165) is 41.1 Å². The molecular weight excluding hydrogens is 669 g/mol. The first-order valence-electron chi connectivity index (χ1n) is 15.9. The van der Waals surface area contributed by atoms with Gasteiger partial charge in [-0.3, -0.25) is 13.9 Å². The van der Waals surface area contributed by atoms with Crippen LogP contribution < -0.4 is 14.4 Å². The molecule has 1 atom stereocenters. The van der Waals surface area contributed by atoms with E-state index in [2.05, 4.69) is 5.32 Å². The summed E-state index contributed by atoms with van der Waals surface area (Å²) in [5.74, 6) is -0.278. The second-order valence-corrected chi connectivity index (χ2v) is 14.8. The average molecular weight is 709 g/mol. The number of rotatable bonds is 13. The second kappa shape index (κ2) is 15.9. The molecule has 0 unspecified atom stereocenters. The van der Waals surface area contributed by atoms with Gasteiger partial charge in [0.2, 0.25) is 11.8 Å². The van der Waals surface area contributed by atoms with Crippen molar-refractivity contribution in [1.82, 2.24) is 10.2 Å². The first kappa shape index (κ1) is 35.3. The minimum Gasteiger partial charge on any atom is -0.497 e. The maximum absolute atomic E-state index is 14.7. The van der Waals surface area contributed by atoms with E-state index in [1.807, 2.05) is 49.4 Å². The Morgan fingerprint density at radius 3 is 2.17 bits per heavy atom. The van der Waals surface area contributed by atoms with Crippen LogP contribution in [0.1, 0.15) is 42.4 Å². The maximum Gasteiger partial charge on any atom is 0.264 e. The molecule has 0 saturated heterocycles. The van der Waals surface area contributed by atoms with Gasteiger partial charge in [-0.05, 0) is 73.4 Å². The highest BCUT2D eigenvalue weighted by molar-refractivity contribution is 7.92. The molecule has 1 aliphatic carbocycles. The number of carbonyl (C=O) groups excluding carboxylic acids is 2. The number of halogens is 2. The van der Waals surface area contributed by atoms with Gasteiger partial charge in [-0.1, -0.05) is 96.2 Å². The summed E-state index contributed by atoms with van der Waals surface area (Å²) in [6.45, 7) is 1.27. The normalized spacial score (nSPS) is 13.9. The predicted octanol–water partition coefficient (Wildman–Crippen LogP) is 7.20. The molecule has 0 aliphatic heterocycles. The van der Waals surface area contributed by atoms with Gasteiger partial charge in [0.15, 0.2) is 0 Å². The van der Waals surface area contributed by atoms with E-state index in [0.29, 0.717) is 11.3 Å². The van der Waals surface area contributed by atoms with Gasteiger partial charge in [0.25, 0.3) is 10.0 Å². The van der Waals surface area contributed by atoms with Crippen molar-refractivity contribution in [3.63, 3.8) is 0 Å². The number of sulfonamides is 1. The molecule has 1 aliphatic rings. The number of hydrogen-bond donors (Lipinski definition) is 1. The minimum absolute atomic E-state index is 0.00356. The van der Waals surface area contributed by atoms with Gasteiger partial charge in [-0.2, -0.15) is 0 Å². The third kappa shape index (κ3) is 8.89. The van der Waals surface area contributed by atoms with Gasteiger partial charge in [-0.15, -0.1) is 0 Å². The Morgan fingerprint density at radius 2 is 1.52 bits per heavy atom. The van der Waals surface area contributed by atoms with Gasteiger partial charge in [0, 0.05) is 29.1 Å². The van der Waals surface area contributed by atoms with E-state index in [1.54, 1.807) is 31.4 Å². The monoisotopic (exact) mass is 707 g/mol. The smallest absolute Gasteiger partial charge is 0.264 e. The van der Waals surface area contributed by atoms with Crippen molar-refractivity contribution in [1.29, 1.82) is 0 Å². The van der Waals surface area contributed by atoms with Crippen molar-refractivity contribution in [2.75, 3.05) is 18.0 Å². The number of nitrogens with zero attached hydrogens (tertiary/aromatic N) is 2. The molecule has 0 radical (unpaired) electrons. The summed E-state index contributed by atoms with van der Waals surface area (Å²) < 4.78 is 35.0. The lowest BCUT2D eigenvalue weighted by Crippen LogP contribution is -2.54. The van der Waals surface area contributed by atoms with Crippen molar-refractivity contribution in [2.24, 2.45) is 0 Å². The largest absolute Gasteiger partial charge is 0.497 e. The molecule has 0 bridgehead atoms. The third-order valence-corrected chi connectivity index (χ3v) is 10.7. The molecule has 11 heteroatoms. The van der Waals surface area contributed by atoms with Crippen molar-refractivity contribution >= 4 is 50.7 Å². The molecular formula is C37H39Cl2N3O5S. The standard InChI is InChI=1S/C37H39Cl2N3O5S/c1-26-15-17-34(18-16-26)48(45,46)42(32-22-29(38)21-30(39)23-32)25-36(43)41(24-28-11-8-14-33(19-28)47-2)35(20-27-9-4-3-5-10-27)37(44)40-31-12-6-7-13-31/h3-5,8-11,14-19,21-23,31,35H,6-7,12-13,20,24-25H2,1-2H3,(H,40,44)/t35-/m0/s1. The van der Waals surface area contributed by atoms with Crippen LogP contribution in [0.5, 0.6) is 5.75 Å². The summed E-state index contributed by atoms with van der Waals surface area (Å²) >= 11 is 12.7. The van der Waals surface area contributed by atoms with Crippen LogP contribution in [-0.4, -0.2) is 50.9 Å². The van der Waals surface area contributed by atoms with E-state index in [4.69, 9.17) is 27.9 Å². The van der Waals surface area contributed by atoms with Crippen LogP contribution in [0.2, 0.25) is 10.0 Å². The Bertz CT molecular complexity index is 1810. The van der Waals surface area contributed by atoms with Crippen LogP contribution in [0.3, 0.4) is 0 Å². The topological polar surface area (TPSA) is 96.0 Å². The number of amides is 2. The number of carbonyl (C=O) groups is 2. The second-order valence-electron chi connectivity index (χ2n) is 12.0. The fourth-order valence-corrected chi connectivity index (χ4v) is 7.85. The molecule has 2 amide bonds. The molecule has 1 saturated carbocycles. The molecule has 1 fully saturated rings. The van der Waals surface area contributed by atoms with Crippen molar-refractivity contribution in [3.8, 4) is 5.75 Å². The van der Waals surface area contributed by atoms with E-state index >= 15 is 0 Å². The molecule has 4 aromatic rings. The lowest BCUT2D eigenvalue weighted by atomic mass is 10.0. The Labute approximate surface area is 292 Å². The average Bonchev–Trinajstić information content (AvgIpc) is 3.58. The van der Waals surface area contributed by atoms with E-state index in [-0.39, 0.29) is 45.5 Å². The SMILES string of the molecule is COc1cccc(CN(C(=O)CN(c2cc(Cl)cc(Cl)c2)S(=O)(=O)c2ccc(C)cc2)[C@@H](Cc2ccccc2)C(=O)NC2CCCC2)c1. The van der Waals surface area contributed by atoms with Gasteiger partial charge in [-0.25, -0.2) is 8.42 Å². The van der Waals surface area contributed by atoms with Gasteiger partial charge >= 0.3 is 0 Å². The van der Waals surface area contributed by atoms with E-state index in [1.165, 1.54) is 35.2 Å². The number of nitrogens with one attached hydrogen (secondary N) is 1. The van der Waals surface area contributed by atoms with E-state index in [9.17, 15) is 18.0 Å². The summed E-state index contributed by atoms with van der Waals surface area (Å²) in [5, 5.41) is 3.60. The zero-order chi connectivity index (χ0) is 34.3. The minimum atomic E-state index is -4.29. The van der Waals surface area contributed by atoms with E-state index < -0.39 is 28.5 Å². The summed E-state index contributed by atoms with van der Waals surface area (Å²) in [4.78, 5) is 30.3. The summed E-state index contributed by atoms with van der Waals surface area (Å²) in [5.41, 5.74) is 2.58. The quantitative estimate of drug-likeness (QED) is 0.159.